The van der Waals surface area contributed by atoms with Gasteiger partial charge in [-0.2, -0.15) is 0 Å². The average molecular weight is 365 g/mol. The highest BCUT2D eigenvalue weighted by Gasteiger charge is 2.13. The number of hydrogen-bond acceptors (Lipinski definition) is 3. The van der Waals surface area contributed by atoms with Gasteiger partial charge in [0.15, 0.2) is 11.5 Å². The molecule has 0 saturated heterocycles. The molecule has 3 heteroatoms. The molecule has 1 aromatic carbocycles. The molecular formula is C23H40O3. The number of hydrogen-bond donors (Lipinski definition) is 1. The van der Waals surface area contributed by atoms with Gasteiger partial charge in [-0.15, -0.1) is 0 Å². The van der Waals surface area contributed by atoms with Crippen LogP contribution in [0.4, 0.5) is 0 Å². The Morgan fingerprint density at radius 2 is 1.35 bits per heavy atom. The molecular weight excluding hydrogens is 324 g/mol. The molecule has 0 radical (unpaired) electrons. The van der Waals surface area contributed by atoms with Gasteiger partial charge in [0, 0.05) is 0 Å². The summed E-state index contributed by atoms with van der Waals surface area (Å²) in [6.45, 7) is 10.4. The standard InChI is InChI=1S/C23H40O3/c1-5-9-11-19(7-3)17-25-22-14-13-21(16-24)15-23(22)26-18-20(8-4)12-10-6-2/h13-15,19-20,24H,5-12,16-18H2,1-4H3. The maximum absolute atomic E-state index is 9.45. The van der Waals surface area contributed by atoms with Crippen molar-refractivity contribution in [2.45, 2.75) is 85.7 Å². The first-order valence-corrected chi connectivity index (χ1v) is 10.7. The van der Waals surface area contributed by atoms with Gasteiger partial charge in [0.2, 0.25) is 0 Å². The van der Waals surface area contributed by atoms with Crippen LogP contribution in [-0.4, -0.2) is 18.3 Å². The van der Waals surface area contributed by atoms with E-state index in [0.717, 1.165) is 43.1 Å². The summed E-state index contributed by atoms with van der Waals surface area (Å²) in [7, 11) is 0. The lowest BCUT2D eigenvalue weighted by atomic mass is 10.0. The molecule has 0 spiro atoms. The van der Waals surface area contributed by atoms with Crippen molar-refractivity contribution in [1.82, 2.24) is 0 Å². The lowest BCUT2D eigenvalue weighted by molar-refractivity contribution is 0.198. The number of aliphatic hydroxyl groups is 1. The van der Waals surface area contributed by atoms with Crippen molar-refractivity contribution in [3.63, 3.8) is 0 Å². The van der Waals surface area contributed by atoms with Crippen LogP contribution in [0.3, 0.4) is 0 Å². The number of aliphatic hydroxyl groups excluding tert-OH is 1. The Hall–Kier alpha value is -1.22. The normalized spacial score (nSPS) is 13.4. The Kier molecular flexibility index (Phi) is 12.2. The summed E-state index contributed by atoms with van der Waals surface area (Å²) >= 11 is 0. The molecule has 0 amide bonds. The summed E-state index contributed by atoms with van der Waals surface area (Å²) in [6.07, 6.45) is 9.64. The number of benzene rings is 1. The molecule has 1 aromatic rings. The average Bonchev–Trinajstić information content (AvgIpc) is 2.68. The van der Waals surface area contributed by atoms with Crippen molar-refractivity contribution in [1.29, 1.82) is 0 Å². The molecule has 0 aromatic heterocycles. The Balaban J connectivity index is 2.72. The van der Waals surface area contributed by atoms with Crippen molar-refractivity contribution >= 4 is 0 Å². The first-order chi connectivity index (χ1) is 12.7. The maximum atomic E-state index is 9.45. The molecule has 0 fully saturated rings. The van der Waals surface area contributed by atoms with Crippen LogP contribution in [0.1, 0.15) is 84.6 Å². The summed E-state index contributed by atoms with van der Waals surface area (Å²) in [5, 5.41) is 9.45. The second-order valence-corrected chi connectivity index (χ2v) is 7.39. The van der Waals surface area contributed by atoms with Gasteiger partial charge >= 0.3 is 0 Å². The zero-order valence-electron chi connectivity index (χ0n) is 17.4. The zero-order chi connectivity index (χ0) is 19.2. The topological polar surface area (TPSA) is 38.7 Å². The quantitative estimate of drug-likeness (QED) is 0.393. The predicted molar refractivity (Wildman–Crippen MR) is 110 cm³/mol. The summed E-state index contributed by atoms with van der Waals surface area (Å²) in [6, 6.07) is 5.79. The van der Waals surface area contributed by atoms with Crippen molar-refractivity contribution in [2.24, 2.45) is 11.8 Å². The van der Waals surface area contributed by atoms with E-state index in [1.807, 2.05) is 18.2 Å². The van der Waals surface area contributed by atoms with Crippen LogP contribution in [0.25, 0.3) is 0 Å². The van der Waals surface area contributed by atoms with E-state index >= 15 is 0 Å². The first-order valence-electron chi connectivity index (χ1n) is 10.7. The first kappa shape index (κ1) is 22.8. The molecule has 0 aliphatic rings. The van der Waals surface area contributed by atoms with Crippen LogP contribution in [-0.2, 0) is 6.61 Å². The lowest BCUT2D eigenvalue weighted by Gasteiger charge is -2.20. The molecule has 26 heavy (non-hydrogen) atoms. The van der Waals surface area contributed by atoms with Crippen LogP contribution in [0.2, 0.25) is 0 Å². The zero-order valence-corrected chi connectivity index (χ0v) is 17.4. The Morgan fingerprint density at radius 3 is 1.81 bits per heavy atom. The molecule has 0 heterocycles. The Morgan fingerprint density at radius 1 is 0.808 bits per heavy atom. The van der Waals surface area contributed by atoms with Gasteiger partial charge in [0.1, 0.15) is 0 Å². The molecule has 1 N–H and O–H groups in total. The van der Waals surface area contributed by atoms with Crippen molar-refractivity contribution in [2.75, 3.05) is 13.2 Å². The summed E-state index contributed by atoms with van der Waals surface area (Å²) in [4.78, 5) is 0. The van der Waals surface area contributed by atoms with E-state index in [9.17, 15) is 5.11 Å². The van der Waals surface area contributed by atoms with Gasteiger partial charge in [-0.1, -0.05) is 72.3 Å². The van der Waals surface area contributed by atoms with Gasteiger partial charge in [0.25, 0.3) is 0 Å². The largest absolute Gasteiger partial charge is 0.489 e. The van der Waals surface area contributed by atoms with Crippen molar-refractivity contribution < 1.29 is 14.6 Å². The van der Waals surface area contributed by atoms with Crippen LogP contribution in [0.5, 0.6) is 11.5 Å². The minimum absolute atomic E-state index is 0.0256. The van der Waals surface area contributed by atoms with Crippen molar-refractivity contribution in [3.05, 3.63) is 23.8 Å². The van der Waals surface area contributed by atoms with Crippen molar-refractivity contribution in [3.8, 4) is 11.5 Å². The van der Waals surface area contributed by atoms with E-state index in [2.05, 4.69) is 27.7 Å². The monoisotopic (exact) mass is 364 g/mol. The molecule has 0 aliphatic carbocycles. The highest BCUT2D eigenvalue weighted by atomic mass is 16.5. The molecule has 2 atom stereocenters. The highest BCUT2D eigenvalue weighted by molar-refractivity contribution is 5.42. The molecule has 0 bridgehead atoms. The summed E-state index contributed by atoms with van der Waals surface area (Å²) in [5.74, 6) is 2.75. The van der Waals surface area contributed by atoms with Crippen LogP contribution >= 0.6 is 0 Å². The Bertz CT molecular complexity index is 473. The molecule has 0 saturated carbocycles. The highest BCUT2D eigenvalue weighted by Crippen LogP contribution is 2.30. The molecule has 2 unspecified atom stereocenters. The maximum Gasteiger partial charge on any atom is 0.161 e. The molecule has 1 rings (SSSR count). The fourth-order valence-electron chi connectivity index (χ4n) is 3.09. The van der Waals surface area contributed by atoms with E-state index in [-0.39, 0.29) is 6.61 Å². The minimum atomic E-state index is 0.0256. The van der Waals surface area contributed by atoms with Crippen LogP contribution in [0, 0.1) is 11.8 Å². The summed E-state index contributed by atoms with van der Waals surface area (Å²) in [5.41, 5.74) is 0.868. The minimum Gasteiger partial charge on any atom is -0.489 e. The SMILES string of the molecule is CCCCC(CC)COc1ccc(CO)cc1OCC(CC)CCCC. The van der Waals surface area contributed by atoms with E-state index in [1.165, 1.54) is 38.5 Å². The molecule has 150 valence electrons. The number of ether oxygens (including phenoxy) is 2. The van der Waals surface area contributed by atoms with E-state index in [1.54, 1.807) is 0 Å². The fraction of sp³-hybridized carbons (Fsp3) is 0.739. The third kappa shape index (κ3) is 8.44. The van der Waals surface area contributed by atoms with E-state index < -0.39 is 0 Å². The fourth-order valence-corrected chi connectivity index (χ4v) is 3.09. The van der Waals surface area contributed by atoms with Crippen LogP contribution in [0.15, 0.2) is 18.2 Å². The van der Waals surface area contributed by atoms with Gasteiger partial charge in [-0.3, -0.25) is 0 Å². The lowest BCUT2D eigenvalue weighted by Crippen LogP contribution is -2.14. The van der Waals surface area contributed by atoms with Gasteiger partial charge in [-0.25, -0.2) is 0 Å². The second kappa shape index (κ2) is 13.9. The number of rotatable bonds is 15. The summed E-state index contributed by atoms with van der Waals surface area (Å²) < 4.78 is 12.3. The Labute approximate surface area is 161 Å². The predicted octanol–water partition coefficient (Wildman–Crippen LogP) is 6.37. The van der Waals surface area contributed by atoms with Gasteiger partial charge in [-0.05, 0) is 42.4 Å². The molecule has 0 aliphatic heterocycles. The third-order valence-electron chi connectivity index (χ3n) is 5.23. The van der Waals surface area contributed by atoms with E-state index in [0.29, 0.717) is 11.8 Å². The van der Waals surface area contributed by atoms with Crippen LogP contribution < -0.4 is 9.47 Å². The van der Waals surface area contributed by atoms with E-state index in [4.69, 9.17) is 9.47 Å². The molecule has 3 nitrogen and oxygen atoms in total. The second-order valence-electron chi connectivity index (χ2n) is 7.39. The number of unbranched alkanes of at least 4 members (excludes halogenated alkanes) is 2. The third-order valence-corrected chi connectivity index (χ3v) is 5.23. The smallest absolute Gasteiger partial charge is 0.161 e. The van der Waals surface area contributed by atoms with Gasteiger partial charge in [0.05, 0.1) is 19.8 Å². The van der Waals surface area contributed by atoms with Gasteiger partial charge < -0.3 is 14.6 Å².